The Labute approximate surface area is 690 Å². The van der Waals surface area contributed by atoms with Crippen molar-refractivity contribution in [2.75, 3.05) is 107 Å². The van der Waals surface area contributed by atoms with E-state index in [0.717, 1.165) is 5.56 Å². The Kier molecular flexibility index (Phi) is 28.6. The largest absolute Gasteiger partial charge is 0.507 e. The molecule has 0 saturated carbocycles. The molecular weight excluding hydrogens is 1540 g/mol. The number of alkyl carbamates (subject to hydrolysis) is 4. The van der Waals surface area contributed by atoms with Gasteiger partial charge in [0.15, 0.2) is 0 Å². The lowest BCUT2D eigenvalue weighted by Gasteiger charge is -2.40. The lowest BCUT2D eigenvalue weighted by atomic mass is 10.0. The number of carbonyl (C=O) groups excluding carboxylic acids is 6. The molecule has 19 N–H and O–H groups in total. The number of ether oxygens (including phenoxy) is 7. The third-order valence-corrected chi connectivity index (χ3v) is 18.3. The van der Waals surface area contributed by atoms with E-state index in [1.807, 2.05) is 40.1 Å². The number of hydrogen-bond donors (Lipinski definition) is 15. The molecule has 6 heterocycles. The van der Waals surface area contributed by atoms with E-state index in [1.54, 1.807) is 141 Å². The molecule has 11 rings (SSSR count). The quantitative estimate of drug-likeness (QED) is 0.0238. The number of phenols is 3. The molecule has 0 radical (unpaired) electrons. The second-order valence-corrected chi connectivity index (χ2v) is 33.6. The van der Waals surface area contributed by atoms with Gasteiger partial charge in [0.1, 0.15) is 74.6 Å². The zero-order chi connectivity index (χ0) is 86.4. The van der Waals surface area contributed by atoms with Gasteiger partial charge in [-0.05, 0) is 163 Å². The van der Waals surface area contributed by atoms with Crippen LogP contribution in [0.15, 0.2) is 103 Å². The lowest BCUT2D eigenvalue weighted by Crippen LogP contribution is -2.59. The lowest BCUT2D eigenvalue weighted by molar-refractivity contribution is 0.0452. The summed E-state index contributed by atoms with van der Waals surface area (Å²) in [4.78, 5) is 116. The minimum absolute atomic E-state index is 0.0347. The monoisotopic (exact) mass is 1650 g/mol. The van der Waals surface area contributed by atoms with Gasteiger partial charge in [-0.3, -0.25) is 9.59 Å². The molecule has 4 saturated heterocycles. The number of aromatic hydroxyl groups is 3. The fourth-order valence-corrected chi connectivity index (χ4v) is 13.6. The van der Waals surface area contributed by atoms with E-state index in [0.29, 0.717) is 75.1 Å². The Bertz CT molecular complexity index is 4470. The number of hydrogen-bond acceptors (Lipinski definition) is 32. The number of nitrogens with zero attached hydrogens (tertiary/aromatic N) is 10. The van der Waals surface area contributed by atoms with Gasteiger partial charge in [0.05, 0.1) is 49.8 Å². The van der Waals surface area contributed by atoms with Crippen LogP contribution in [0.2, 0.25) is 0 Å². The van der Waals surface area contributed by atoms with Crippen LogP contribution in [0.4, 0.5) is 77.6 Å². The first kappa shape index (κ1) is 88.9. The minimum atomic E-state index is -0.800. The van der Waals surface area contributed by atoms with Crippen LogP contribution in [0, 0.1) is 0 Å². The summed E-state index contributed by atoms with van der Waals surface area (Å²) in [6.07, 6.45) is -0.652. The molecule has 8 atom stereocenters. The molecule has 7 aromatic rings. The molecule has 5 aromatic carbocycles. The van der Waals surface area contributed by atoms with Gasteiger partial charge in [0.2, 0.25) is 35.7 Å². The fourth-order valence-electron chi connectivity index (χ4n) is 13.6. The first-order valence-electron chi connectivity index (χ1n) is 39.1. The number of piperidine rings is 4. The first-order valence-corrected chi connectivity index (χ1v) is 39.1. The molecule has 0 bridgehead atoms. The van der Waals surface area contributed by atoms with Crippen LogP contribution in [0.25, 0.3) is 0 Å². The number of aromatic nitrogens is 6. The van der Waals surface area contributed by atoms with Crippen molar-refractivity contribution in [3.63, 3.8) is 0 Å². The Hall–Kier alpha value is -12.4. The minimum Gasteiger partial charge on any atom is -0.507 e. The summed E-state index contributed by atoms with van der Waals surface area (Å²) in [6.45, 7) is 24.0. The predicted molar refractivity (Wildman–Crippen MR) is 449 cm³/mol. The predicted octanol–water partition coefficient (Wildman–Crippen LogP) is 8.17. The highest BCUT2D eigenvalue weighted by Gasteiger charge is 2.38. The number of nitrogens with two attached hydrogens (primary N) is 4. The van der Waals surface area contributed by atoms with Gasteiger partial charge in [-0.2, -0.15) is 29.9 Å². The standard InChI is InChI=1S/C54H75N11O12.C27H37N11O4/c1-51(2,3)74-47(68)56-34-24-35(57-48(69)75-52(4,5)6)28-64(27-34)45-61-44(62-46(63-45)65-29-36(58-49(70)76-53(7,8)9)25-37(30-65)59-50(71)77-54(10,11)12)55-33-22-23-38(41(26-33)73-31-32-18-15-14-16-19-32)60-43(67)42-39(66)20-17-21-40(42)72-13;1-42-22-4-2-3-20(39)23(22)24(41)33-19-6-5-18(9-21(19)40)32-25-34-26(37-10-14(28)7-15(29)11-37)36-27(35-25)38-12-16(30)8-17(31)13-38/h14-23,26,34-37,66H,24-25,27-31H2,1-13H3,(H,56,68)(H,57,69)(H,58,70)(H,59,71)(H,60,67)(H,55,61,62,63);2-6,9,14-17,39-40H,7-8,10-13,28-31H2,1H3,(H,33,41)(H,32,34,35,36)/t34-,35+,36-,37+;14-,15+,16-,17+. The number of benzene rings is 5. The van der Waals surface area contributed by atoms with E-state index in [4.69, 9.17) is 76.0 Å². The molecule has 0 spiro atoms. The first-order chi connectivity index (χ1) is 56.0. The summed E-state index contributed by atoms with van der Waals surface area (Å²) in [5, 5.41) is 55.2. The molecule has 4 aliphatic rings. The van der Waals surface area contributed by atoms with E-state index in [-0.39, 0.29) is 138 Å². The van der Waals surface area contributed by atoms with Crippen LogP contribution in [0.3, 0.4) is 0 Å². The molecule has 119 heavy (non-hydrogen) atoms. The fraction of sp³-hybridized carbons (Fsp3) is 0.481. The van der Waals surface area contributed by atoms with Gasteiger partial charge in [-0.15, -0.1) is 0 Å². The summed E-state index contributed by atoms with van der Waals surface area (Å²) >= 11 is 0. The van der Waals surface area contributed by atoms with Gasteiger partial charge in [0.25, 0.3) is 11.8 Å². The highest BCUT2D eigenvalue weighted by Crippen LogP contribution is 2.37. The zero-order valence-corrected chi connectivity index (χ0v) is 69.6. The number of amides is 6. The topological polar surface area (TPSA) is 518 Å². The summed E-state index contributed by atoms with van der Waals surface area (Å²) in [7, 11) is 2.79. The number of phenolic OH excluding ortho intramolecular Hbond substituents is 3. The maximum absolute atomic E-state index is 13.8. The van der Waals surface area contributed by atoms with Crippen molar-refractivity contribution in [3.8, 4) is 34.5 Å². The van der Waals surface area contributed by atoms with Crippen molar-refractivity contribution in [1.82, 2.24) is 51.2 Å². The Morgan fingerprint density at radius 3 is 1.08 bits per heavy atom. The summed E-state index contributed by atoms with van der Waals surface area (Å²) in [5.74, 6) is -0.137. The number of rotatable bonds is 21. The molecular formula is C81H112N22O16. The summed E-state index contributed by atoms with van der Waals surface area (Å²) in [6, 6.07) is 25.0. The number of methoxy groups -OCH3 is 2. The van der Waals surface area contributed by atoms with Crippen LogP contribution in [-0.4, -0.2) is 219 Å². The molecule has 38 nitrogen and oxygen atoms in total. The third kappa shape index (κ3) is 26.5. The highest BCUT2D eigenvalue weighted by molar-refractivity contribution is 6.09. The van der Waals surface area contributed by atoms with Gasteiger partial charge >= 0.3 is 24.4 Å². The van der Waals surface area contributed by atoms with Gasteiger partial charge in [0, 0.05) is 100 Å². The number of carbonyl (C=O) groups is 6. The Morgan fingerprint density at radius 1 is 0.395 bits per heavy atom. The van der Waals surface area contributed by atoms with Gasteiger partial charge in [-0.1, -0.05) is 42.5 Å². The van der Waals surface area contributed by atoms with E-state index >= 15 is 0 Å². The molecule has 4 aliphatic heterocycles. The second-order valence-electron chi connectivity index (χ2n) is 33.6. The van der Waals surface area contributed by atoms with Crippen molar-refractivity contribution >= 4 is 94.6 Å². The Morgan fingerprint density at radius 2 is 0.731 bits per heavy atom. The summed E-state index contributed by atoms with van der Waals surface area (Å²) < 4.78 is 39.4. The molecule has 38 heteroatoms. The Balaban J connectivity index is 0.000000297. The van der Waals surface area contributed by atoms with Crippen molar-refractivity contribution in [2.24, 2.45) is 22.9 Å². The maximum atomic E-state index is 13.8. The van der Waals surface area contributed by atoms with Crippen LogP contribution >= 0.6 is 0 Å². The molecule has 0 aliphatic carbocycles. The van der Waals surface area contributed by atoms with Gasteiger partial charge in [-0.25, -0.2) is 19.2 Å². The third-order valence-electron chi connectivity index (χ3n) is 18.3. The normalized spacial score (nSPS) is 19.5. The molecule has 0 unspecified atom stereocenters. The van der Waals surface area contributed by atoms with Gasteiger partial charge < -0.3 is 134 Å². The van der Waals surface area contributed by atoms with Crippen molar-refractivity contribution in [2.45, 2.75) is 186 Å². The molecule has 642 valence electrons. The van der Waals surface area contributed by atoms with E-state index < -0.39 is 82.8 Å². The highest BCUT2D eigenvalue weighted by atomic mass is 16.6. The molecule has 2 aromatic heterocycles. The summed E-state index contributed by atoms with van der Waals surface area (Å²) in [5.41, 5.74) is 23.7. The molecule has 6 amide bonds. The van der Waals surface area contributed by atoms with E-state index in [9.17, 15) is 44.1 Å². The van der Waals surface area contributed by atoms with Crippen molar-refractivity contribution in [3.05, 3.63) is 120 Å². The molecule has 4 fully saturated rings. The average Bonchev–Trinajstić information content (AvgIpc) is 0.797. The van der Waals surface area contributed by atoms with Crippen molar-refractivity contribution in [1.29, 1.82) is 0 Å². The van der Waals surface area contributed by atoms with Crippen LogP contribution < -0.4 is 99.3 Å². The van der Waals surface area contributed by atoms with Crippen LogP contribution in [-0.2, 0) is 25.6 Å². The zero-order valence-electron chi connectivity index (χ0n) is 69.6. The average molecular weight is 1650 g/mol. The van der Waals surface area contributed by atoms with Crippen LogP contribution in [0.5, 0.6) is 34.5 Å². The van der Waals surface area contributed by atoms with E-state index in [2.05, 4.69) is 52.5 Å². The number of nitrogens with one attached hydrogen (secondary N) is 8. The smallest absolute Gasteiger partial charge is 0.407 e. The maximum Gasteiger partial charge on any atom is 0.407 e. The van der Waals surface area contributed by atoms with Crippen LogP contribution in [0.1, 0.15) is 135 Å². The second kappa shape index (κ2) is 38.3. The van der Waals surface area contributed by atoms with E-state index in [1.165, 1.54) is 38.5 Å². The number of anilines is 10. The SMILES string of the molecule is COc1cccc(O)c1C(=O)Nc1ccc(Nc2nc(N3C[C@H](N)C[C@H](N)C3)nc(N3C[C@H](N)C[C@H](N)C3)n2)cc1O.COc1cccc(O)c1C(=O)Nc1ccc(Nc2nc(N3C[C@H](NC(=O)OC(C)(C)C)C[C@H](NC(=O)OC(C)(C)C)C3)nc(N3C[C@H](NC(=O)OC(C)(C)C)C[C@H](NC(=O)OC(C)(C)C)C3)n2)cc1OCc1ccccc1. The van der Waals surface area contributed by atoms with Crippen molar-refractivity contribution < 1.29 is 77.2 Å².